The molecule has 0 amide bonds. The first-order valence-electron chi connectivity index (χ1n) is 9.77. The Morgan fingerprint density at radius 1 is 1.07 bits per heavy atom. The van der Waals surface area contributed by atoms with Crippen LogP contribution >= 0.6 is 11.8 Å². The van der Waals surface area contributed by atoms with Gasteiger partial charge in [-0.15, -0.1) is 0 Å². The Labute approximate surface area is 169 Å². The Morgan fingerprint density at radius 2 is 1.89 bits per heavy atom. The van der Waals surface area contributed by atoms with Crippen LogP contribution in [0.2, 0.25) is 0 Å². The lowest BCUT2D eigenvalue weighted by Crippen LogP contribution is -2.35. The average molecular weight is 390 g/mol. The smallest absolute Gasteiger partial charge is 0.160 e. The quantitative estimate of drug-likeness (QED) is 0.613. The number of thioether (sulfide) groups is 1. The number of methoxy groups -OCH3 is 1. The maximum atomic E-state index is 5.63. The first kappa shape index (κ1) is 17.6. The van der Waals surface area contributed by atoms with Gasteiger partial charge in [-0.3, -0.25) is 9.98 Å². The van der Waals surface area contributed by atoms with Gasteiger partial charge < -0.3 is 9.64 Å². The highest BCUT2D eigenvalue weighted by Crippen LogP contribution is 2.50. The number of pyridine rings is 1. The molecule has 2 aliphatic heterocycles. The van der Waals surface area contributed by atoms with E-state index < -0.39 is 0 Å². The van der Waals surface area contributed by atoms with E-state index in [2.05, 4.69) is 65.3 Å². The Bertz CT molecular complexity index is 1040. The molecule has 0 saturated carbocycles. The number of aliphatic imine (C=N–C) groups is 1. The fraction of sp³-hybridized carbons (Fsp3) is 0.304. The highest BCUT2D eigenvalue weighted by atomic mass is 32.2. The second kappa shape index (κ2) is 7.13. The molecule has 2 aromatic carbocycles. The van der Waals surface area contributed by atoms with E-state index in [1.807, 2.05) is 24.0 Å². The summed E-state index contributed by atoms with van der Waals surface area (Å²) in [6.07, 6.45) is 2.98. The maximum absolute atomic E-state index is 5.63. The standard InChI is InChI=1S/C23H23N3OS/c1-3-15-14-28-23-25-21(19-10-6-7-13-24-19)22(26(15)23)18-11-12-20(27-2)17-9-5-4-8-16(17)18/h4-13,15,21-22H,3,14H2,1-2H3/t15-,21+,22-/m1/s1. The number of ether oxygens (including phenoxy) is 1. The summed E-state index contributed by atoms with van der Waals surface area (Å²) in [6.45, 7) is 2.27. The summed E-state index contributed by atoms with van der Waals surface area (Å²) < 4.78 is 5.63. The van der Waals surface area contributed by atoms with Crippen LogP contribution in [0.4, 0.5) is 0 Å². The van der Waals surface area contributed by atoms with E-state index in [-0.39, 0.29) is 12.1 Å². The molecule has 142 valence electrons. The first-order valence-corrected chi connectivity index (χ1v) is 10.8. The second-order valence-corrected chi connectivity index (χ2v) is 8.23. The number of benzene rings is 2. The summed E-state index contributed by atoms with van der Waals surface area (Å²) in [5, 5.41) is 3.54. The van der Waals surface area contributed by atoms with E-state index in [1.165, 1.54) is 10.9 Å². The molecule has 0 N–H and O–H groups in total. The Morgan fingerprint density at radius 3 is 2.64 bits per heavy atom. The third-order valence-electron chi connectivity index (χ3n) is 5.79. The van der Waals surface area contributed by atoms with Gasteiger partial charge in [-0.1, -0.05) is 55.1 Å². The SMILES string of the molecule is CC[C@@H]1CSC2=N[C@@H](c3ccccn3)[C@@H](c3ccc(OC)c4ccccc34)N21. The molecule has 5 heteroatoms. The van der Waals surface area contributed by atoms with Crippen LogP contribution in [0.3, 0.4) is 0 Å². The van der Waals surface area contributed by atoms with Crippen molar-refractivity contribution in [3.05, 3.63) is 72.1 Å². The van der Waals surface area contributed by atoms with Gasteiger partial charge >= 0.3 is 0 Å². The van der Waals surface area contributed by atoms with Crippen LogP contribution in [0.5, 0.6) is 5.75 Å². The molecule has 3 heterocycles. The minimum Gasteiger partial charge on any atom is -0.496 e. The van der Waals surface area contributed by atoms with E-state index in [0.717, 1.165) is 34.2 Å². The summed E-state index contributed by atoms with van der Waals surface area (Å²) in [6, 6.07) is 19.6. The van der Waals surface area contributed by atoms with Crippen molar-refractivity contribution in [1.82, 2.24) is 9.88 Å². The van der Waals surface area contributed by atoms with Crippen LogP contribution in [0.1, 0.15) is 36.7 Å². The molecule has 2 aliphatic rings. The lowest BCUT2D eigenvalue weighted by Gasteiger charge is -2.32. The minimum absolute atomic E-state index is 0.00912. The van der Waals surface area contributed by atoms with Gasteiger partial charge in [-0.2, -0.15) is 0 Å². The molecule has 0 radical (unpaired) electrons. The number of hydrogen-bond acceptors (Lipinski definition) is 5. The largest absolute Gasteiger partial charge is 0.496 e. The van der Waals surface area contributed by atoms with Crippen LogP contribution in [0, 0.1) is 0 Å². The first-order chi connectivity index (χ1) is 13.8. The number of aromatic nitrogens is 1. The Kier molecular flexibility index (Phi) is 4.47. The van der Waals surface area contributed by atoms with Crippen LogP contribution in [0.15, 0.2) is 65.8 Å². The molecule has 0 aliphatic carbocycles. The molecule has 1 saturated heterocycles. The number of hydrogen-bond donors (Lipinski definition) is 0. The average Bonchev–Trinajstić information content (AvgIpc) is 3.33. The van der Waals surface area contributed by atoms with Crippen LogP contribution < -0.4 is 4.74 Å². The highest BCUT2D eigenvalue weighted by Gasteiger charge is 2.45. The van der Waals surface area contributed by atoms with Crippen molar-refractivity contribution in [1.29, 1.82) is 0 Å². The fourth-order valence-corrected chi connectivity index (χ4v) is 5.75. The van der Waals surface area contributed by atoms with E-state index in [0.29, 0.717) is 6.04 Å². The molecule has 1 aromatic heterocycles. The van der Waals surface area contributed by atoms with Crippen LogP contribution in [0.25, 0.3) is 10.8 Å². The maximum Gasteiger partial charge on any atom is 0.160 e. The molecular weight excluding hydrogens is 366 g/mol. The molecule has 1 fully saturated rings. The molecule has 28 heavy (non-hydrogen) atoms. The number of nitrogens with zero attached hydrogens (tertiary/aromatic N) is 3. The molecule has 3 atom stereocenters. The monoisotopic (exact) mass is 389 g/mol. The van der Waals surface area contributed by atoms with Gasteiger partial charge in [0, 0.05) is 23.4 Å². The third kappa shape index (κ3) is 2.68. The molecule has 5 rings (SSSR count). The zero-order valence-electron chi connectivity index (χ0n) is 16.1. The lowest BCUT2D eigenvalue weighted by molar-refractivity contribution is 0.256. The topological polar surface area (TPSA) is 37.7 Å². The van der Waals surface area contributed by atoms with Crippen LogP contribution in [-0.2, 0) is 0 Å². The predicted octanol–water partition coefficient (Wildman–Crippen LogP) is 5.22. The summed E-state index contributed by atoms with van der Waals surface area (Å²) in [5.41, 5.74) is 2.33. The summed E-state index contributed by atoms with van der Waals surface area (Å²) in [7, 11) is 1.74. The van der Waals surface area contributed by atoms with Gasteiger partial charge in [0.25, 0.3) is 0 Å². The highest BCUT2D eigenvalue weighted by molar-refractivity contribution is 8.14. The predicted molar refractivity (Wildman–Crippen MR) is 116 cm³/mol. The van der Waals surface area contributed by atoms with E-state index in [4.69, 9.17) is 9.73 Å². The molecule has 0 bridgehead atoms. The van der Waals surface area contributed by atoms with Crippen molar-refractivity contribution >= 4 is 27.7 Å². The Hall–Kier alpha value is -2.53. The zero-order chi connectivity index (χ0) is 19.1. The zero-order valence-corrected chi connectivity index (χ0v) is 16.9. The van der Waals surface area contributed by atoms with Gasteiger partial charge in [0.1, 0.15) is 11.8 Å². The van der Waals surface area contributed by atoms with Crippen molar-refractivity contribution in [2.45, 2.75) is 31.5 Å². The van der Waals surface area contributed by atoms with Crippen molar-refractivity contribution in [2.24, 2.45) is 4.99 Å². The normalized spacial score (nSPS) is 23.7. The molecule has 0 spiro atoms. The number of rotatable bonds is 4. The third-order valence-corrected chi connectivity index (χ3v) is 6.91. The summed E-state index contributed by atoms with van der Waals surface area (Å²) in [4.78, 5) is 12.3. The number of amidine groups is 1. The van der Waals surface area contributed by atoms with E-state index in [9.17, 15) is 0 Å². The molecule has 3 aromatic rings. The fourth-order valence-electron chi connectivity index (χ4n) is 4.42. The van der Waals surface area contributed by atoms with Gasteiger partial charge in [0.05, 0.1) is 18.8 Å². The van der Waals surface area contributed by atoms with Crippen molar-refractivity contribution < 1.29 is 4.74 Å². The summed E-state index contributed by atoms with van der Waals surface area (Å²) >= 11 is 1.88. The van der Waals surface area contributed by atoms with Crippen LogP contribution in [-0.4, -0.2) is 34.0 Å². The molecule has 0 unspecified atom stereocenters. The van der Waals surface area contributed by atoms with E-state index >= 15 is 0 Å². The van der Waals surface area contributed by atoms with Crippen molar-refractivity contribution in [3.63, 3.8) is 0 Å². The molecular formula is C23H23N3OS. The van der Waals surface area contributed by atoms with Crippen molar-refractivity contribution in [3.8, 4) is 5.75 Å². The van der Waals surface area contributed by atoms with Gasteiger partial charge in [-0.05, 0) is 35.6 Å². The minimum atomic E-state index is 0.00912. The second-order valence-electron chi connectivity index (χ2n) is 7.24. The number of fused-ring (bicyclic) bond motifs is 2. The van der Waals surface area contributed by atoms with Gasteiger partial charge in [-0.25, -0.2) is 0 Å². The van der Waals surface area contributed by atoms with E-state index in [1.54, 1.807) is 7.11 Å². The van der Waals surface area contributed by atoms with Crippen molar-refractivity contribution in [2.75, 3.05) is 12.9 Å². The summed E-state index contributed by atoms with van der Waals surface area (Å²) in [5.74, 6) is 2.02. The lowest BCUT2D eigenvalue weighted by atomic mass is 9.91. The Balaban J connectivity index is 1.71. The van der Waals surface area contributed by atoms with Gasteiger partial charge in [0.2, 0.25) is 0 Å². The molecule has 4 nitrogen and oxygen atoms in total. The van der Waals surface area contributed by atoms with Gasteiger partial charge in [0.15, 0.2) is 5.17 Å².